The zero-order valence-corrected chi connectivity index (χ0v) is 14.5. The number of aliphatic carboxylic acids is 1. The Morgan fingerprint density at radius 1 is 1.35 bits per heavy atom. The third-order valence-corrected chi connectivity index (χ3v) is 6.78. The number of aromatic nitrogens is 1. The number of ether oxygens (including phenoxy) is 1. The van der Waals surface area contributed by atoms with Crippen molar-refractivity contribution in [2.24, 2.45) is 5.92 Å². The zero-order chi connectivity index (χ0) is 16.3. The van der Waals surface area contributed by atoms with Crippen molar-refractivity contribution in [3.63, 3.8) is 0 Å². The van der Waals surface area contributed by atoms with Crippen molar-refractivity contribution in [2.45, 2.75) is 16.2 Å². The van der Waals surface area contributed by atoms with Gasteiger partial charge in [-0.25, -0.2) is 0 Å². The number of thioether (sulfide) groups is 1. The minimum Gasteiger partial charge on any atom is -0.480 e. The lowest BCUT2D eigenvalue weighted by Crippen LogP contribution is -2.44. The number of halogens is 1. The summed E-state index contributed by atoms with van der Waals surface area (Å²) in [6, 6.07) is 5.22. The fraction of sp³-hybridized carbons (Fsp3) is 0.214. The summed E-state index contributed by atoms with van der Waals surface area (Å²) in [7, 11) is 0. The number of carboxylic acid groups (broad SMARTS) is 1. The molecule has 0 aliphatic carbocycles. The van der Waals surface area contributed by atoms with E-state index in [2.05, 4.69) is 20.9 Å². The molecule has 0 fully saturated rings. The van der Waals surface area contributed by atoms with Crippen molar-refractivity contribution in [1.29, 1.82) is 0 Å². The molecule has 23 heavy (non-hydrogen) atoms. The molecule has 9 heteroatoms. The number of carbonyl (C=O) groups is 2. The highest BCUT2D eigenvalue weighted by atomic mass is 79.9. The van der Waals surface area contributed by atoms with E-state index >= 15 is 0 Å². The Balaban J connectivity index is 2.00. The van der Waals surface area contributed by atoms with Gasteiger partial charge in [-0.1, -0.05) is 39.0 Å². The van der Waals surface area contributed by atoms with Crippen molar-refractivity contribution in [2.75, 3.05) is 0 Å². The van der Waals surface area contributed by atoms with Crippen molar-refractivity contribution in [1.82, 2.24) is 4.98 Å². The first kappa shape index (κ1) is 15.0. The number of thiazole rings is 1. The molecule has 0 bridgehead atoms. The van der Waals surface area contributed by atoms with Crippen LogP contribution in [0.2, 0.25) is 0 Å². The van der Waals surface area contributed by atoms with Crippen LogP contribution in [0.5, 0.6) is 5.75 Å². The van der Waals surface area contributed by atoms with E-state index in [-0.39, 0.29) is 4.87 Å². The van der Waals surface area contributed by atoms with Gasteiger partial charge in [0.1, 0.15) is 11.0 Å². The van der Waals surface area contributed by atoms with E-state index in [1.165, 1.54) is 0 Å². The Bertz CT molecular complexity index is 905. The predicted octanol–water partition coefficient (Wildman–Crippen LogP) is 2.42. The van der Waals surface area contributed by atoms with Gasteiger partial charge in [0.25, 0.3) is 0 Å². The summed E-state index contributed by atoms with van der Waals surface area (Å²) in [5, 5.41) is 9.02. The molecular weight excluding hydrogens is 406 g/mol. The van der Waals surface area contributed by atoms with Gasteiger partial charge in [0, 0.05) is 20.8 Å². The number of carbonyl (C=O) groups excluding carboxylic acids is 1. The number of hydrogen-bond acceptors (Lipinski definition) is 6. The van der Waals surface area contributed by atoms with Crippen LogP contribution in [0.1, 0.15) is 16.4 Å². The van der Waals surface area contributed by atoms with Gasteiger partial charge < -0.3 is 14.8 Å². The lowest BCUT2D eigenvalue weighted by molar-refractivity contribution is -0.147. The number of fused-ring (bicyclic) bond motifs is 5. The van der Waals surface area contributed by atoms with Crippen LogP contribution in [0.15, 0.2) is 32.5 Å². The summed E-state index contributed by atoms with van der Waals surface area (Å²) in [6.07, 6.45) is 0. The second-order valence-corrected chi connectivity index (χ2v) is 8.27. The standard InChI is InChI=1S/C14H8BrNO5S2/c15-4-1-2-6-5(3-4)7-8(13(19)21-6)10(12(17)18)22-11-9(7)23-14(20)16-11/h1-3,7-8,10H,(H,16,20)(H,17,18)/t7-,8-,10+/m1/s1. The molecule has 2 aliphatic heterocycles. The smallest absolute Gasteiger partial charge is 0.317 e. The van der Waals surface area contributed by atoms with Crippen LogP contribution < -0.4 is 9.61 Å². The topological polar surface area (TPSA) is 96.5 Å². The van der Waals surface area contributed by atoms with Crippen LogP contribution in [0.4, 0.5) is 0 Å². The molecule has 0 amide bonds. The van der Waals surface area contributed by atoms with Crippen LogP contribution in [0.3, 0.4) is 0 Å². The summed E-state index contributed by atoms with van der Waals surface area (Å²) < 4.78 is 6.13. The number of aromatic amines is 1. The predicted molar refractivity (Wildman–Crippen MR) is 87.3 cm³/mol. The molecular formula is C14H8BrNO5S2. The van der Waals surface area contributed by atoms with Gasteiger partial charge in [-0.2, -0.15) is 0 Å². The molecule has 1 aromatic heterocycles. The molecule has 3 heterocycles. The van der Waals surface area contributed by atoms with E-state index in [0.717, 1.165) is 27.6 Å². The van der Waals surface area contributed by atoms with Crippen molar-refractivity contribution >= 4 is 51.0 Å². The molecule has 4 rings (SSSR count). The summed E-state index contributed by atoms with van der Waals surface area (Å²) in [5.74, 6) is -2.63. The molecule has 3 atom stereocenters. The summed E-state index contributed by atoms with van der Waals surface area (Å²) >= 11 is 5.39. The number of carboxylic acids is 1. The maximum absolute atomic E-state index is 12.4. The average molecular weight is 414 g/mol. The van der Waals surface area contributed by atoms with Gasteiger partial charge in [0.2, 0.25) is 0 Å². The summed E-state index contributed by atoms with van der Waals surface area (Å²) in [4.78, 5) is 38.9. The maximum atomic E-state index is 12.4. The molecule has 0 spiro atoms. The van der Waals surface area contributed by atoms with E-state index in [9.17, 15) is 19.5 Å². The third-order valence-electron chi connectivity index (χ3n) is 3.89. The molecule has 6 nitrogen and oxygen atoms in total. The third kappa shape index (κ3) is 2.26. The van der Waals surface area contributed by atoms with Crippen LogP contribution >= 0.6 is 39.0 Å². The number of benzene rings is 1. The number of hydrogen-bond donors (Lipinski definition) is 2. The highest BCUT2D eigenvalue weighted by molar-refractivity contribution is 9.10. The van der Waals surface area contributed by atoms with Crippen molar-refractivity contribution in [3.8, 4) is 5.75 Å². The van der Waals surface area contributed by atoms with E-state index in [4.69, 9.17) is 4.74 Å². The Kier molecular flexibility index (Phi) is 3.40. The van der Waals surface area contributed by atoms with Crippen LogP contribution in [0, 0.1) is 5.92 Å². The Morgan fingerprint density at radius 2 is 2.13 bits per heavy atom. The van der Waals surface area contributed by atoms with Crippen LogP contribution in [0.25, 0.3) is 0 Å². The first-order valence-electron chi connectivity index (χ1n) is 6.59. The first-order valence-corrected chi connectivity index (χ1v) is 9.08. The Hall–Kier alpha value is -1.58. The molecule has 2 aliphatic rings. The number of nitrogens with one attached hydrogen (secondary N) is 1. The quantitative estimate of drug-likeness (QED) is 0.550. The number of H-pyrrole nitrogens is 1. The van der Waals surface area contributed by atoms with Crippen LogP contribution in [-0.4, -0.2) is 27.3 Å². The van der Waals surface area contributed by atoms with Gasteiger partial charge in [0.15, 0.2) is 0 Å². The molecule has 2 N–H and O–H groups in total. The van der Waals surface area contributed by atoms with Crippen molar-refractivity contribution in [3.05, 3.63) is 42.8 Å². The van der Waals surface area contributed by atoms with E-state index in [0.29, 0.717) is 21.2 Å². The molecule has 1 aromatic carbocycles. The van der Waals surface area contributed by atoms with E-state index in [1.807, 2.05) is 6.07 Å². The Labute approximate surface area is 146 Å². The molecule has 118 valence electrons. The van der Waals surface area contributed by atoms with Gasteiger partial charge in [-0.15, -0.1) is 0 Å². The Morgan fingerprint density at radius 3 is 2.87 bits per heavy atom. The lowest BCUT2D eigenvalue weighted by atomic mass is 9.80. The average Bonchev–Trinajstić information content (AvgIpc) is 2.86. The van der Waals surface area contributed by atoms with Gasteiger partial charge in [0.05, 0.1) is 10.9 Å². The fourth-order valence-corrected chi connectivity index (χ4v) is 5.76. The second kappa shape index (κ2) is 5.22. The molecule has 0 unspecified atom stereocenters. The second-order valence-electron chi connectivity index (χ2n) is 5.19. The highest BCUT2D eigenvalue weighted by Gasteiger charge is 2.51. The molecule has 2 aromatic rings. The first-order chi connectivity index (χ1) is 11.0. The normalized spacial score (nSPS) is 25.1. The van der Waals surface area contributed by atoms with Crippen LogP contribution in [-0.2, 0) is 9.59 Å². The van der Waals surface area contributed by atoms with Crippen molar-refractivity contribution < 1.29 is 19.4 Å². The van der Waals surface area contributed by atoms with Gasteiger partial charge in [-0.05, 0) is 18.2 Å². The largest absolute Gasteiger partial charge is 0.480 e. The molecule has 0 saturated carbocycles. The number of esters is 1. The minimum absolute atomic E-state index is 0.261. The van der Waals surface area contributed by atoms with E-state index in [1.54, 1.807) is 12.1 Å². The van der Waals surface area contributed by atoms with Gasteiger partial charge in [-0.3, -0.25) is 14.4 Å². The SMILES string of the molecule is O=C1Oc2ccc(Br)cc2[C@H]2c3sc(=O)[nH]c3S[C@H](C(=O)O)[C@H]12. The monoisotopic (exact) mass is 413 g/mol. The number of rotatable bonds is 1. The summed E-state index contributed by atoms with van der Waals surface area (Å²) in [6.45, 7) is 0. The van der Waals surface area contributed by atoms with E-state index < -0.39 is 29.0 Å². The van der Waals surface area contributed by atoms with Gasteiger partial charge >= 0.3 is 16.8 Å². The molecule has 0 radical (unpaired) electrons. The zero-order valence-electron chi connectivity index (χ0n) is 11.2. The highest BCUT2D eigenvalue weighted by Crippen LogP contribution is 2.53. The minimum atomic E-state index is -1.10. The summed E-state index contributed by atoms with van der Waals surface area (Å²) in [5.41, 5.74) is 0.715. The lowest BCUT2D eigenvalue weighted by Gasteiger charge is -2.37. The maximum Gasteiger partial charge on any atom is 0.317 e. The fourth-order valence-electron chi connectivity index (χ4n) is 2.99. The molecule has 0 saturated heterocycles.